The predicted molar refractivity (Wildman–Crippen MR) is 37.3 cm³/mol. The van der Waals surface area contributed by atoms with Crippen LogP contribution in [0.1, 0.15) is 0 Å². The molecule has 0 aliphatic carbocycles. The molecular formula is C4H6Br2O2. The Bertz CT molecular complexity index is 70.4. The van der Waals surface area contributed by atoms with Gasteiger partial charge in [0.25, 0.3) is 0 Å². The molecular weight excluding hydrogens is 240 g/mol. The van der Waals surface area contributed by atoms with Gasteiger partial charge in [0.15, 0.2) is 0 Å². The summed E-state index contributed by atoms with van der Waals surface area (Å²) in [6.45, 7) is 1.28. The van der Waals surface area contributed by atoms with Crippen molar-refractivity contribution in [3.05, 3.63) is 0 Å². The van der Waals surface area contributed by atoms with Crippen molar-refractivity contribution in [1.82, 2.24) is 0 Å². The monoisotopic (exact) mass is 244 g/mol. The van der Waals surface area contributed by atoms with Gasteiger partial charge in [-0.1, -0.05) is 31.9 Å². The number of ether oxygens (including phenoxy) is 2. The summed E-state index contributed by atoms with van der Waals surface area (Å²) in [5.41, 5.74) is 0. The highest BCUT2D eigenvalue weighted by molar-refractivity contribution is 9.10. The maximum Gasteiger partial charge on any atom is 0.137 e. The number of hydrogen-bond donors (Lipinski definition) is 0. The molecule has 2 atom stereocenters. The molecule has 0 spiro atoms. The summed E-state index contributed by atoms with van der Waals surface area (Å²) < 4.78 is 10.3. The Morgan fingerprint density at radius 3 is 1.88 bits per heavy atom. The summed E-state index contributed by atoms with van der Waals surface area (Å²) in [7, 11) is 0. The van der Waals surface area contributed by atoms with Gasteiger partial charge in [-0.15, -0.1) is 0 Å². The van der Waals surface area contributed by atoms with Crippen LogP contribution in [0.2, 0.25) is 0 Å². The zero-order valence-electron chi connectivity index (χ0n) is 4.14. The molecule has 0 aromatic heterocycles. The van der Waals surface area contributed by atoms with Crippen LogP contribution in [-0.2, 0) is 9.47 Å². The number of hydrogen-bond acceptors (Lipinski definition) is 2. The number of halogens is 2. The van der Waals surface area contributed by atoms with Gasteiger partial charge in [-0.25, -0.2) is 0 Å². The van der Waals surface area contributed by atoms with E-state index in [1.165, 1.54) is 0 Å². The summed E-state index contributed by atoms with van der Waals surface area (Å²) >= 11 is 6.50. The zero-order valence-corrected chi connectivity index (χ0v) is 7.31. The maximum absolute atomic E-state index is 5.19. The number of rotatable bonds is 0. The van der Waals surface area contributed by atoms with E-state index in [-0.39, 0.29) is 10.0 Å². The van der Waals surface area contributed by atoms with Gasteiger partial charge in [0.05, 0.1) is 13.2 Å². The van der Waals surface area contributed by atoms with Crippen LogP contribution in [0.4, 0.5) is 0 Å². The molecule has 0 amide bonds. The molecule has 8 heavy (non-hydrogen) atoms. The van der Waals surface area contributed by atoms with Crippen LogP contribution in [0.3, 0.4) is 0 Å². The van der Waals surface area contributed by atoms with Crippen molar-refractivity contribution in [2.45, 2.75) is 10.0 Å². The molecule has 4 heteroatoms. The first-order valence-corrected chi connectivity index (χ1v) is 4.13. The molecule has 48 valence electrons. The van der Waals surface area contributed by atoms with E-state index < -0.39 is 0 Å². The van der Waals surface area contributed by atoms with Gasteiger partial charge in [-0.3, -0.25) is 0 Å². The Hall–Kier alpha value is 0.880. The van der Waals surface area contributed by atoms with Gasteiger partial charge in [0.2, 0.25) is 0 Å². The van der Waals surface area contributed by atoms with Crippen molar-refractivity contribution < 1.29 is 9.47 Å². The molecule has 0 bridgehead atoms. The van der Waals surface area contributed by atoms with Crippen molar-refractivity contribution in [3.63, 3.8) is 0 Å². The highest BCUT2D eigenvalue weighted by Crippen LogP contribution is 2.16. The number of alkyl halides is 2. The Morgan fingerprint density at radius 2 is 1.62 bits per heavy atom. The average molecular weight is 246 g/mol. The van der Waals surface area contributed by atoms with Crippen molar-refractivity contribution >= 4 is 31.9 Å². The Labute approximate surface area is 64.8 Å². The summed E-state index contributed by atoms with van der Waals surface area (Å²) in [5.74, 6) is 0. The van der Waals surface area contributed by atoms with E-state index in [4.69, 9.17) is 9.47 Å². The van der Waals surface area contributed by atoms with Crippen LogP contribution in [-0.4, -0.2) is 23.2 Å². The molecule has 1 rings (SSSR count). The minimum absolute atomic E-state index is 0.0561. The average Bonchev–Trinajstić information content (AvgIpc) is 1.64. The molecule has 1 saturated heterocycles. The second-order valence-electron chi connectivity index (χ2n) is 1.49. The maximum atomic E-state index is 5.19. The van der Waals surface area contributed by atoms with Gasteiger partial charge in [-0.2, -0.15) is 0 Å². The first-order chi connectivity index (χ1) is 3.79. The van der Waals surface area contributed by atoms with Gasteiger partial charge < -0.3 is 9.47 Å². The molecule has 1 fully saturated rings. The molecule has 0 radical (unpaired) electrons. The van der Waals surface area contributed by atoms with Gasteiger partial charge in [0, 0.05) is 0 Å². The fraction of sp³-hybridized carbons (Fsp3) is 1.00. The standard InChI is InChI=1S/C4H6Br2O2/c5-3-1-7-2-4(6)8-3/h3-4H,1-2H2. The summed E-state index contributed by atoms with van der Waals surface area (Å²) in [6, 6.07) is 0. The van der Waals surface area contributed by atoms with Crippen LogP contribution in [0, 0.1) is 0 Å². The summed E-state index contributed by atoms with van der Waals surface area (Å²) in [6.07, 6.45) is 0. The third-order valence-electron chi connectivity index (χ3n) is 0.793. The van der Waals surface area contributed by atoms with Gasteiger partial charge >= 0.3 is 0 Å². The quantitative estimate of drug-likeness (QED) is 0.602. The first kappa shape index (κ1) is 6.99. The summed E-state index contributed by atoms with van der Waals surface area (Å²) in [4.78, 5) is 0. The van der Waals surface area contributed by atoms with E-state index in [2.05, 4.69) is 31.9 Å². The van der Waals surface area contributed by atoms with Crippen LogP contribution in [0.5, 0.6) is 0 Å². The molecule has 2 unspecified atom stereocenters. The van der Waals surface area contributed by atoms with E-state index in [1.54, 1.807) is 0 Å². The lowest BCUT2D eigenvalue weighted by molar-refractivity contribution is -0.0602. The Morgan fingerprint density at radius 1 is 1.12 bits per heavy atom. The normalized spacial score (nSPS) is 39.8. The van der Waals surface area contributed by atoms with Crippen LogP contribution in [0.25, 0.3) is 0 Å². The third-order valence-corrected chi connectivity index (χ3v) is 1.75. The van der Waals surface area contributed by atoms with Crippen molar-refractivity contribution in [2.24, 2.45) is 0 Å². The van der Waals surface area contributed by atoms with Gasteiger partial charge in [-0.05, 0) is 0 Å². The van der Waals surface area contributed by atoms with E-state index in [0.717, 1.165) is 0 Å². The van der Waals surface area contributed by atoms with Crippen molar-refractivity contribution in [2.75, 3.05) is 13.2 Å². The lowest BCUT2D eigenvalue weighted by Gasteiger charge is -2.22. The van der Waals surface area contributed by atoms with Crippen molar-refractivity contribution in [1.29, 1.82) is 0 Å². The second kappa shape index (κ2) is 3.15. The molecule has 2 nitrogen and oxygen atoms in total. The molecule has 0 N–H and O–H groups in total. The molecule has 1 heterocycles. The van der Waals surface area contributed by atoms with Crippen molar-refractivity contribution in [3.8, 4) is 0 Å². The predicted octanol–water partition coefficient (Wildman–Crippen LogP) is 1.48. The smallest absolute Gasteiger partial charge is 0.137 e. The fourth-order valence-electron chi connectivity index (χ4n) is 0.492. The van der Waals surface area contributed by atoms with E-state index >= 15 is 0 Å². The lowest BCUT2D eigenvalue weighted by Crippen LogP contribution is -2.28. The second-order valence-corrected chi connectivity index (χ2v) is 3.54. The molecule has 0 aromatic rings. The van der Waals surface area contributed by atoms with E-state index in [0.29, 0.717) is 13.2 Å². The van der Waals surface area contributed by atoms with E-state index in [9.17, 15) is 0 Å². The van der Waals surface area contributed by atoms with Crippen LogP contribution in [0.15, 0.2) is 0 Å². The fourth-order valence-corrected chi connectivity index (χ4v) is 1.68. The summed E-state index contributed by atoms with van der Waals surface area (Å²) in [5, 5.41) is 0.112. The topological polar surface area (TPSA) is 18.5 Å². The molecule has 1 aliphatic heterocycles. The minimum Gasteiger partial charge on any atom is -0.374 e. The Kier molecular flexibility index (Phi) is 2.75. The molecule has 0 aromatic carbocycles. The first-order valence-electron chi connectivity index (χ1n) is 2.30. The molecule has 1 aliphatic rings. The van der Waals surface area contributed by atoms with E-state index in [1.807, 2.05) is 0 Å². The zero-order chi connectivity index (χ0) is 5.98. The highest BCUT2D eigenvalue weighted by Gasteiger charge is 2.17. The minimum atomic E-state index is 0.0561. The SMILES string of the molecule is BrC1COCC(Br)O1. The lowest BCUT2D eigenvalue weighted by atomic mass is 10.6. The molecule has 0 saturated carbocycles. The van der Waals surface area contributed by atoms with Crippen LogP contribution < -0.4 is 0 Å². The largest absolute Gasteiger partial charge is 0.374 e. The third kappa shape index (κ3) is 2.01. The Balaban J connectivity index is 2.23. The van der Waals surface area contributed by atoms with Crippen LogP contribution >= 0.6 is 31.9 Å². The highest BCUT2D eigenvalue weighted by atomic mass is 79.9. The van der Waals surface area contributed by atoms with Gasteiger partial charge in [0.1, 0.15) is 10.0 Å².